The number of hydrogen-bond acceptors (Lipinski definition) is 8. The summed E-state index contributed by atoms with van der Waals surface area (Å²) >= 11 is 0. The molecule has 8 heteroatoms. The van der Waals surface area contributed by atoms with E-state index in [9.17, 15) is 5.11 Å². The maximum atomic E-state index is 9.63. The van der Waals surface area contributed by atoms with Crippen molar-refractivity contribution in [3.05, 3.63) is 36.5 Å². The first-order valence-electron chi connectivity index (χ1n) is 7.92. The second kappa shape index (κ2) is 6.04. The fraction of sp³-hybridized carbons (Fsp3) is 0.375. The highest BCUT2D eigenvalue weighted by molar-refractivity contribution is 5.73. The van der Waals surface area contributed by atoms with Crippen molar-refractivity contribution in [2.45, 2.75) is 13.0 Å². The van der Waals surface area contributed by atoms with Gasteiger partial charge in [-0.3, -0.25) is 4.98 Å². The number of rotatable bonds is 3. The number of nitrogens with zero attached hydrogens (tertiary/aromatic N) is 6. The summed E-state index contributed by atoms with van der Waals surface area (Å²) in [5.41, 5.74) is 1.52. The highest BCUT2D eigenvalue weighted by Gasteiger charge is 2.22. The number of anilines is 2. The summed E-state index contributed by atoms with van der Waals surface area (Å²) in [5.74, 6) is 1.28. The maximum absolute atomic E-state index is 9.63. The molecule has 3 aromatic rings. The van der Waals surface area contributed by atoms with Gasteiger partial charge in [0.2, 0.25) is 0 Å². The predicted molar refractivity (Wildman–Crippen MR) is 88.9 cm³/mol. The van der Waals surface area contributed by atoms with E-state index in [2.05, 4.69) is 29.7 Å². The summed E-state index contributed by atoms with van der Waals surface area (Å²) in [6, 6.07) is 4.32. The van der Waals surface area contributed by atoms with Crippen molar-refractivity contribution >= 4 is 22.9 Å². The highest BCUT2D eigenvalue weighted by Crippen LogP contribution is 2.23. The third kappa shape index (κ3) is 2.76. The molecule has 1 atom stereocenters. The molecule has 0 spiro atoms. The zero-order valence-corrected chi connectivity index (χ0v) is 13.3. The molecule has 1 saturated heterocycles. The monoisotopic (exact) mass is 326 g/mol. The number of piperazine rings is 1. The summed E-state index contributed by atoms with van der Waals surface area (Å²) in [5, 5.41) is 9.63. The first-order chi connectivity index (χ1) is 11.7. The minimum absolute atomic E-state index is 0.446. The van der Waals surface area contributed by atoms with Gasteiger partial charge in [0.05, 0.1) is 6.20 Å². The van der Waals surface area contributed by atoms with Crippen molar-refractivity contribution in [1.82, 2.24) is 19.9 Å². The van der Waals surface area contributed by atoms with Gasteiger partial charge in [0, 0.05) is 44.6 Å². The SMILES string of the molecule is C[C@@H](O)c1nccc(N2CCN(c3nc4cnccc4o3)CC2)n1. The molecule has 1 fully saturated rings. The molecular weight excluding hydrogens is 308 g/mol. The Labute approximate surface area is 138 Å². The lowest BCUT2D eigenvalue weighted by atomic mass is 10.3. The van der Waals surface area contributed by atoms with E-state index in [0.717, 1.165) is 43.1 Å². The molecular formula is C16H18N6O2. The molecule has 8 nitrogen and oxygen atoms in total. The number of fused-ring (bicyclic) bond motifs is 1. The Morgan fingerprint density at radius 3 is 2.62 bits per heavy atom. The van der Waals surface area contributed by atoms with E-state index in [0.29, 0.717) is 11.8 Å². The Kier molecular flexibility index (Phi) is 3.73. The molecule has 0 radical (unpaired) electrons. The molecule has 4 rings (SSSR count). The third-order valence-electron chi connectivity index (χ3n) is 4.09. The normalized spacial score (nSPS) is 16.6. The van der Waals surface area contributed by atoms with Crippen molar-refractivity contribution < 1.29 is 9.52 Å². The molecule has 0 bridgehead atoms. The summed E-state index contributed by atoms with van der Waals surface area (Å²) in [4.78, 5) is 21.4. The summed E-state index contributed by atoms with van der Waals surface area (Å²) in [7, 11) is 0. The van der Waals surface area contributed by atoms with E-state index in [4.69, 9.17) is 4.42 Å². The lowest BCUT2D eigenvalue weighted by Gasteiger charge is -2.34. The van der Waals surface area contributed by atoms with Crippen LogP contribution < -0.4 is 9.80 Å². The van der Waals surface area contributed by atoms with Crippen molar-refractivity contribution in [1.29, 1.82) is 0 Å². The second-order valence-electron chi connectivity index (χ2n) is 5.76. The van der Waals surface area contributed by atoms with Crippen LogP contribution in [0, 0.1) is 0 Å². The van der Waals surface area contributed by atoms with Gasteiger partial charge < -0.3 is 19.3 Å². The summed E-state index contributed by atoms with van der Waals surface area (Å²) in [6.45, 7) is 4.84. The van der Waals surface area contributed by atoms with Crippen LogP contribution in [0.5, 0.6) is 0 Å². The Morgan fingerprint density at radius 2 is 1.88 bits per heavy atom. The largest absolute Gasteiger partial charge is 0.423 e. The lowest BCUT2D eigenvalue weighted by molar-refractivity contribution is 0.189. The van der Waals surface area contributed by atoms with Crippen molar-refractivity contribution in [3.8, 4) is 0 Å². The fourth-order valence-electron chi connectivity index (χ4n) is 2.77. The number of aliphatic hydroxyl groups excluding tert-OH is 1. The van der Waals surface area contributed by atoms with Crippen LogP contribution in [0.25, 0.3) is 11.1 Å². The van der Waals surface area contributed by atoms with E-state index in [1.165, 1.54) is 0 Å². The smallest absolute Gasteiger partial charge is 0.298 e. The van der Waals surface area contributed by atoms with Crippen LogP contribution >= 0.6 is 0 Å². The van der Waals surface area contributed by atoms with Crippen LogP contribution in [0.2, 0.25) is 0 Å². The summed E-state index contributed by atoms with van der Waals surface area (Å²) < 4.78 is 5.80. The number of hydrogen-bond donors (Lipinski definition) is 1. The van der Waals surface area contributed by atoms with Gasteiger partial charge in [-0.25, -0.2) is 9.97 Å². The lowest BCUT2D eigenvalue weighted by Crippen LogP contribution is -2.47. The Morgan fingerprint density at radius 1 is 1.08 bits per heavy atom. The van der Waals surface area contributed by atoms with E-state index < -0.39 is 6.10 Å². The fourth-order valence-corrected chi connectivity index (χ4v) is 2.77. The van der Waals surface area contributed by atoms with Gasteiger partial charge in [0.15, 0.2) is 11.4 Å². The van der Waals surface area contributed by atoms with Crippen LogP contribution in [-0.4, -0.2) is 51.2 Å². The van der Waals surface area contributed by atoms with Gasteiger partial charge in [0.1, 0.15) is 17.4 Å². The Balaban J connectivity index is 1.47. The molecule has 1 N–H and O–H groups in total. The first-order valence-corrected chi connectivity index (χ1v) is 7.92. The van der Waals surface area contributed by atoms with Gasteiger partial charge in [-0.05, 0) is 13.0 Å². The van der Waals surface area contributed by atoms with Crippen LogP contribution in [0.1, 0.15) is 18.9 Å². The number of pyridine rings is 1. The Bertz CT molecular complexity index is 808. The molecule has 4 heterocycles. The number of aliphatic hydroxyl groups is 1. The van der Waals surface area contributed by atoms with Gasteiger partial charge in [-0.2, -0.15) is 4.98 Å². The Hall–Kier alpha value is -2.74. The molecule has 0 saturated carbocycles. The molecule has 124 valence electrons. The van der Waals surface area contributed by atoms with E-state index in [1.807, 2.05) is 12.1 Å². The average Bonchev–Trinajstić information content (AvgIpc) is 3.06. The maximum Gasteiger partial charge on any atom is 0.298 e. The van der Waals surface area contributed by atoms with Crippen molar-refractivity contribution in [2.24, 2.45) is 0 Å². The number of oxazole rings is 1. The van der Waals surface area contributed by atoms with E-state index in [-0.39, 0.29) is 0 Å². The molecule has 0 aliphatic carbocycles. The second-order valence-corrected chi connectivity index (χ2v) is 5.76. The van der Waals surface area contributed by atoms with Gasteiger partial charge in [-0.1, -0.05) is 0 Å². The van der Waals surface area contributed by atoms with E-state index in [1.54, 1.807) is 25.5 Å². The minimum atomic E-state index is -0.667. The van der Waals surface area contributed by atoms with Crippen molar-refractivity contribution in [2.75, 3.05) is 36.0 Å². The minimum Gasteiger partial charge on any atom is -0.423 e. The van der Waals surface area contributed by atoms with Gasteiger partial charge in [-0.15, -0.1) is 0 Å². The van der Waals surface area contributed by atoms with E-state index >= 15 is 0 Å². The van der Waals surface area contributed by atoms with Crippen LogP contribution in [-0.2, 0) is 0 Å². The molecule has 0 unspecified atom stereocenters. The van der Waals surface area contributed by atoms with Gasteiger partial charge >= 0.3 is 0 Å². The quantitative estimate of drug-likeness (QED) is 0.772. The highest BCUT2D eigenvalue weighted by atomic mass is 16.4. The topological polar surface area (TPSA) is 91.4 Å². The van der Waals surface area contributed by atoms with Crippen LogP contribution in [0.3, 0.4) is 0 Å². The standard InChI is InChI=1S/C16H18N6O2/c1-11(23)15-18-5-3-14(20-15)21-6-8-22(9-7-21)16-19-12-10-17-4-2-13(12)24-16/h2-5,10-11,23H,6-9H2,1H3/t11-/m1/s1. The van der Waals surface area contributed by atoms with Crippen LogP contribution in [0.15, 0.2) is 35.1 Å². The summed E-state index contributed by atoms with van der Waals surface area (Å²) in [6.07, 6.45) is 4.42. The van der Waals surface area contributed by atoms with Gasteiger partial charge in [0.25, 0.3) is 6.01 Å². The molecule has 0 aromatic carbocycles. The predicted octanol–water partition coefficient (Wildman–Crippen LogP) is 1.39. The molecule has 1 aliphatic heterocycles. The molecule has 1 aliphatic rings. The average molecular weight is 326 g/mol. The zero-order chi connectivity index (χ0) is 16.5. The zero-order valence-electron chi connectivity index (χ0n) is 13.3. The van der Waals surface area contributed by atoms with Crippen molar-refractivity contribution in [3.63, 3.8) is 0 Å². The van der Waals surface area contributed by atoms with Crippen LogP contribution in [0.4, 0.5) is 11.8 Å². The number of aromatic nitrogens is 4. The molecule has 3 aromatic heterocycles. The molecule has 0 amide bonds. The third-order valence-corrected chi connectivity index (χ3v) is 4.09. The molecule has 24 heavy (non-hydrogen) atoms. The first kappa shape index (κ1) is 14.8.